The number of alkyl halides is 1. The number of carbonyl (C=O) groups excluding carboxylic acids is 3. The number of hydrogen-bond acceptors (Lipinski definition) is 4. The Kier molecular flexibility index (Phi) is 2.93. The Bertz CT molecular complexity index is 569. The van der Waals surface area contributed by atoms with E-state index in [0.29, 0.717) is 0 Å². The van der Waals surface area contributed by atoms with E-state index in [2.05, 4.69) is 5.32 Å². The fraction of sp³-hybridized carbons (Fsp3) is 0.462. The molecule has 0 bridgehead atoms. The van der Waals surface area contributed by atoms with Crippen LogP contribution >= 0.6 is 0 Å². The highest BCUT2D eigenvalue weighted by molar-refractivity contribution is 6.26. The smallest absolute Gasteiger partial charge is 0.262 e. The van der Waals surface area contributed by atoms with Crippen molar-refractivity contribution in [3.05, 3.63) is 23.3 Å². The average Bonchev–Trinajstić information content (AvgIpc) is 2.63. The van der Waals surface area contributed by atoms with Gasteiger partial charge in [0.15, 0.2) is 0 Å². The summed E-state index contributed by atoms with van der Waals surface area (Å²) in [6.45, 7) is 0. The highest BCUT2D eigenvalue weighted by Crippen LogP contribution is 2.33. The zero-order chi connectivity index (χ0) is 14.4. The average molecular weight is 280 g/mol. The van der Waals surface area contributed by atoms with Crippen LogP contribution in [-0.4, -0.2) is 46.2 Å². The molecule has 1 aliphatic carbocycles. The number of piperidine rings is 1. The van der Waals surface area contributed by atoms with Gasteiger partial charge in [-0.3, -0.25) is 19.3 Å². The van der Waals surface area contributed by atoms with Crippen molar-refractivity contribution in [1.82, 2.24) is 10.2 Å². The molecule has 20 heavy (non-hydrogen) atoms. The Morgan fingerprint density at radius 2 is 1.90 bits per heavy atom. The molecule has 3 amide bonds. The van der Waals surface area contributed by atoms with Crippen molar-refractivity contribution in [2.75, 3.05) is 0 Å². The maximum Gasteiger partial charge on any atom is 0.262 e. The molecule has 3 atom stereocenters. The molecule has 7 heteroatoms. The van der Waals surface area contributed by atoms with E-state index in [-0.39, 0.29) is 30.4 Å². The normalized spacial score (nSPS) is 33.6. The number of imide groups is 1. The third-order valence-electron chi connectivity index (χ3n) is 3.72. The largest absolute Gasteiger partial charge is 0.374 e. The molecule has 0 aromatic heterocycles. The molecule has 2 saturated heterocycles. The maximum absolute atomic E-state index is 13.3. The van der Waals surface area contributed by atoms with Crippen molar-refractivity contribution in [3.8, 4) is 0 Å². The van der Waals surface area contributed by atoms with E-state index in [4.69, 9.17) is 0 Å². The number of allylic oxidation sites excluding steroid dienone is 2. The number of carbonyl (C=O) groups is 3. The highest BCUT2D eigenvalue weighted by atomic mass is 19.1. The summed E-state index contributed by atoms with van der Waals surface area (Å²) in [5.41, 5.74) is 0.204. The van der Waals surface area contributed by atoms with Crippen LogP contribution in [0.3, 0.4) is 0 Å². The minimum Gasteiger partial charge on any atom is -0.374 e. The summed E-state index contributed by atoms with van der Waals surface area (Å²) in [5, 5.41) is 11.6. The predicted molar refractivity (Wildman–Crippen MR) is 64.7 cm³/mol. The van der Waals surface area contributed by atoms with Gasteiger partial charge in [-0.15, -0.1) is 0 Å². The molecule has 2 heterocycles. The number of amides is 3. The number of hydrogen-bond donors (Lipinski definition) is 2. The second-order valence-corrected chi connectivity index (χ2v) is 5.05. The number of aliphatic hydroxyl groups excluding tert-OH is 1. The third-order valence-corrected chi connectivity index (χ3v) is 3.72. The first-order valence-corrected chi connectivity index (χ1v) is 6.42. The first-order chi connectivity index (χ1) is 9.49. The van der Waals surface area contributed by atoms with E-state index in [1.165, 1.54) is 6.08 Å². The lowest BCUT2D eigenvalue weighted by molar-refractivity contribution is -0.148. The highest BCUT2D eigenvalue weighted by Gasteiger charge is 2.47. The van der Waals surface area contributed by atoms with Crippen LogP contribution in [0.1, 0.15) is 19.3 Å². The Labute approximate surface area is 113 Å². The Morgan fingerprint density at radius 3 is 2.60 bits per heavy atom. The van der Waals surface area contributed by atoms with Gasteiger partial charge < -0.3 is 10.4 Å². The van der Waals surface area contributed by atoms with E-state index in [1.807, 2.05) is 0 Å². The minimum absolute atomic E-state index is 0.0349. The molecular formula is C13H13FN2O4. The van der Waals surface area contributed by atoms with Crippen LogP contribution in [-0.2, 0) is 14.4 Å². The van der Waals surface area contributed by atoms with Gasteiger partial charge in [-0.05, 0) is 18.9 Å². The van der Waals surface area contributed by atoms with Crippen LogP contribution in [0.2, 0.25) is 0 Å². The number of nitrogens with zero attached hydrogens (tertiary/aromatic N) is 1. The van der Waals surface area contributed by atoms with Crippen LogP contribution in [0.4, 0.5) is 4.39 Å². The molecular weight excluding hydrogens is 267 g/mol. The van der Waals surface area contributed by atoms with Crippen LogP contribution in [0.15, 0.2) is 23.3 Å². The predicted octanol–water partition coefficient (Wildman–Crippen LogP) is -0.453. The summed E-state index contributed by atoms with van der Waals surface area (Å²) in [5.74, 6) is -1.77. The van der Waals surface area contributed by atoms with Crippen molar-refractivity contribution < 1.29 is 23.9 Å². The lowest BCUT2D eigenvalue weighted by Crippen LogP contribution is -2.55. The fourth-order valence-corrected chi connectivity index (χ4v) is 2.73. The molecule has 0 aromatic rings. The SMILES string of the molecule is O=C1NC(O)CCC1N1C(=O)C2=CCC(F)C=C2C1=O. The molecule has 2 fully saturated rings. The van der Waals surface area contributed by atoms with E-state index in [1.54, 1.807) is 0 Å². The number of likely N-dealkylation sites (tertiary alicyclic amines) is 1. The second-order valence-electron chi connectivity index (χ2n) is 5.05. The molecule has 6 nitrogen and oxygen atoms in total. The Balaban J connectivity index is 1.92. The molecule has 2 aliphatic heterocycles. The molecule has 3 aliphatic rings. The Morgan fingerprint density at radius 1 is 1.20 bits per heavy atom. The van der Waals surface area contributed by atoms with Gasteiger partial charge in [-0.1, -0.05) is 6.08 Å². The van der Waals surface area contributed by atoms with Crippen molar-refractivity contribution in [1.29, 1.82) is 0 Å². The van der Waals surface area contributed by atoms with E-state index >= 15 is 0 Å². The molecule has 3 rings (SSSR count). The molecule has 0 spiro atoms. The zero-order valence-electron chi connectivity index (χ0n) is 10.5. The minimum atomic E-state index is -1.28. The quantitative estimate of drug-likeness (QED) is 0.637. The van der Waals surface area contributed by atoms with Gasteiger partial charge in [0.25, 0.3) is 11.8 Å². The summed E-state index contributed by atoms with van der Waals surface area (Å²) in [6, 6.07) is -0.941. The summed E-state index contributed by atoms with van der Waals surface area (Å²) >= 11 is 0. The lowest BCUT2D eigenvalue weighted by atomic mass is 9.99. The molecule has 3 unspecified atom stereocenters. The summed E-state index contributed by atoms with van der Waals surface area (Å²) in [7, 11) is 0. The molecule has 0 aromatic carbocycles. The number of halogens is 1. The fourth-order valence-electron chi connectivity index (χ4n) is 2.73. The number of nitrogens with one attached hydrogen (secondary N) is 1. The molecule has 2 N–H and O–H groups in total. The van der Waals surface area contributed by atoms with Crippen LogP contribution in [0.25, 0.3) is 0 Å². The van der Waals surface area contributed by atoms with E-state index in [0.717, 1.165) is 11.0 Å². The van der Waals surface area contributed by atoms with Crippen molar-refractivity contribution in [3.63, 3.8) is 0 Å². The summed E-state index contributed by atoms with van der Waals surface area (Å²) < 4.78 is 13.3. The van der Waals surface area contributed by atoms with E-state index < -0.39 is 36.2 Å². The van der Waals surface area contributed by atoms with Gasteiger partial charge in [0.1, 0.15) is 18.4 Å². The first-order valence-electron chi connectivity index (χ1n) is 6.42. The summed E-state index contributed by atoms with van der Waals surface area (Å²) in [6.07, 6.45) is 0.804. The molecule has 106 valence electrons. The topological polar surface area (TPSA) is 86.7 Å². The Hall–Kier alpha value is -2.02. The van der Waals surface area contributed by atoms with Crippen molar-refractivity contribution in [2.24, 2.45) is 0 Å². The summed E-state index contributed by atoms with van der Waals surface area (Å²) in [4.78, 5) is 37.1. The molecule has 0 saturated carbocycles. The third kappa shape index (κ3) is 1.85. The van der Waals surface area contributed by atoms with Crippen LogP contribution in [0, 0.1) is 0 Å². The van der Waals surface area contributed by atoms with Crippen molar-refractivity contribution in [2.45, 2.75) is 37.7 Å². The van der Waals surface area contributed by atoms with Crippen LogP contribution in [0.5, 0.6) is 0 Å². The maximum atomic E-state index is 13.3. The number of fused-ring (bicyclic) bond motifs is 1. The second kappa shape index (κ2) is 4.52. The van der Waals surface area contributed by atoms with Gasteiger partial charge in [0.05, 0.1) is 5.57 Å². The van der Waals surface area contributed by atoms with Gasteiger partial charge in [-0.25, -0.2) is 4.39 Å². The standard InChI is InChI=1S/C13H13FN2O4/c14-6-1-2-7-8(5-6)13(20)16(12(7)19)9-3-4-10(17)15-11(9)18/h2,5-6,9-10,17H,1,3-4H2,(H,15,18). The lowest BCUT2D eigenvalue weighted by Gasteiger charge is -2.30. The molecule has 0 radical (unpaired) electrons. The van der Waals surface area contributed by atoms with Gasteiger partial charge in [0.2, 0.25) is 5.91 Å². The number of aliphatic hydroxyl groups is 1. The number of rotatable bonds is 1. The van der Waals surface area contributed by atoms with E-state index in [9.17, 15) is 23.9 Å². The van der Waals surface area contributed by atoms with Crippen LogP contribution < -0.4 is 5.32 Å². The monoisotopic (exact) mass is 280 g/mol. The van der Waals surface area contributed by atoms with Crippen molar-refractivity contribution >= 4 is 17.7 Å². The first kappa shape index (κ1) is 13.0. The van der Waals surface area contributed by atoms with Gasteiger partial charge in [0, 0.05) is 12.0 Å². The van der Waals surface area contributed by atoms with Gasteiger partial charge in [-0.2, -0.15) is 0 Å². The van der Waals surface area contributed by atoms with Gasteiger partial charge >= 0.3 is 0 Å². The zero-order valence-corrected chi connectivity index (χ0v) is 10.5.